The minimum absolute atomic E-state index is 0.183. The highest BCUT2D eigenvalue weighted by Crippen LogP contribution is 2.36. The molecule has 9 heteroatoms. The second kappa shape index (κ2) is 9.47. The maximum absolute atomic E-state index is 14.7. The molecule has 174 valence electrons. The van der Waals surface area contributed by atoms with Crippen LogP contribution in [0.2, 0.25) is 5.02 Å². The molecule has 0 aliphatic rings. The van der Waals surface area contributed by atoms with Gasteiger partial charge >= 0.3 is 12.1 Å². The van der Waals surface area contributed by atoms with Gasteiger partial charge in [0.15, 0.2) is 0 Å². The number of rotatable bonds is 5. The van der Waals surface area contributed by atoms with Crippen LogP contribution in [0.4, 0.5) is 26.3 Å². The molecule has 3 rings (SSSR count). The highest BCUT2D eigenvalue weighted by atomic mass is 35.5. The van der Waals surface area contributed by atoms with Gasteiger partial charge in [-0.05, 0) is 41.2 Å². The SMILES string of the molecule is CCC(C)c1ccc(-c2cc(F)c(C(=O)Oc3cc(F)c(C(F)(F)F)c(F)c3)c(Cl)c2)cc1. The normalized spacial score (nSPS) is 12.5. The van der Waals surface area contributed by atoms with E-state index in [0.717, 1.165) is 18.1 Å². The summed E-state index contributed by atoms with van der Waals surface area (Å²) < 4.78 is 84.8. The Balaban J connectivity index is 1.88. The van der Waals surface area contributed by atoms with E-state index in [1.165, 1.54) is 6.07 Å². The first-order valence-electron chi connectivity index (χ1n) is 9.80. The lowest BCUT2D eigenvalue weighted by Gasteiger charge is -2.13. The van der Waals surface area contributed by atoms with Crippen LogP contribution < -0.4 is 4.74 Å². The molecular formula is C24H17ClF6O2. The molecule has 0 heterocycles. The van der Waals surface area contributed by atoms with Crippen LogP contribution in [0.5, 0.6) is 5.75 Å². The molecule has 0 N–H and O–H groups in total. The third kappa shape index (κ3) is 5.33. The third-order valence-electron chi connectivity index (χ3n) is 5.18. The van der Waals surface area contributed by atoms with Crippen LogP contribution in [0.25, 0.3) is 11.1 Å². The topological polar surface area (TPSA) is 26.3 Å². The van der Waals surface area contributed by atoms with Crippen molar-refractivity contribution < 1.29 is 35.9 Å². The summed E-state index contributed by atoms with van der Waals surface area (Å²) in [5.74, 6) is -6.98. The van der Waals surface area contributed by atoms with Crippen molar-refractivity contribution in [3.8, 4) is 16.9 Å². The zero-order valence-corrected chi connectivity index (χ0v) is 18.1. The Bertz CT molecular complexity index is 1140. The van der Waals surface area contributed by atoms with Crippen molar-refractivity contribution in [2.75, 3.05) is 0 Å². The molecule has 1 atom stereocenters. The monoisotopic (exact) mass is 486 g/mol. The molecule has 0 aromatic heterocycles. The van der Waals surface area contributed by atoms with Gasteiger partial charge in [-0.2, -0.15) is 13.2 Å². The zero-order chi connectivity index (χ0) is 24.5. The van der Waals surface area contributed by atoms with Gasteiger partial charge < -0.3 is 4.74 Å². The summed E-state index contributed by atoms with van der Waals surface area (Å²) in [5.41, 5.74) is -0.748. The van der Waals surface area contributed by atoms with Crippen molar-refractivity contribution in [3.05, 3.63) is 87.7 Å². The van der Waals surface area contributed by atoms with Crippen LogP contribution in [-0.4, -0.2) is 5.97 Å². The summed E-state index contributed by atoms with van der Waals surface area (Å²) in [6.45, 7) is 4.12. The Labute approximate surface area is 190 Å². The largest absolute Gasteiger partial charge is 0.423 e. The van der Waals surface area contributed by atoms with Crippen LogP contribution in [0.1, 0.15) is 47.7 Å². The van der Waals surface area contributed by atoms with Gasteiger partial charge in [0.2, 0.25) is 0 Å². The van der Waals surface area contributed by atoms with E-state index in [9.17, 15) is 31.1 Å². The predicted octanol–water partition coefficient (Wildman–Crippen LogP) is 8.18. The van der Waals surface area contributed by atoms with Gasteiger partial charge in [-0.1, -0.05) is 49.7 Å². The average Bonchev–Trinajstić information content (AvgIpc) is 2.71. The van der Waals surface area contributed by atoms with E-state index in [1.807, 2.05) is 12.1 Å². The van der Waals surface area contributed by atoms with Crippen LogP contribution in [-0.2, 0) is 6.18 Å². The molecule has 3 aromatic rings. The van der Waals surface area contributed by atoms with Gasteiger partial charge in [-0.3, -0.25) is 0 Å². The molecule has 0 aliphatic carbocycles. The van der Waals surface area contributed by atoms with E-state index in [0.29, 0.717) is 17.0 Å². The van der Waals surface area contributed by atoms with Crippen LogP contribution in [0, 0.1) is 17.5 Å². The molecule has 1 unspecified atom stereocenters. The lowest BCUT2D eigenvalue weighted by molar-refractivity contribution is -0.142. The maximum atomic E-state index is 14.7. The molecule has 0 spiro atoms. The van der Waals surface area contributed by atoms with Crippen LogP contribution in [0.15, 0.2) is 48.5 Å². The smallest absolute Gasteiger partial charge is 0.422 e. The second-order valence-electron chi connectivity index (χ2n) is 7.40. The molecule has 0 aliphatic heterocycles. The predicted molar refractivity (Wildman–Crippen MR) is 112 cm³/mol. The second-order valence-corrected chi connectivity index (χ2v) is 7.80. The summed E-state index contributed by atoms with van der Waals surface area (Å²) >= 11 is 6.06. The number of carbonyl (C=O) groups is 1. The summed E-state index contributed by atoms with van der Waals surface area (Å²) in [6, 6.07) is 10.1. The summed E-state index contributed by atoms with van der Waals surface area (Å²) in [7, 11) is 0. The number of hydrogen-bond acceptors (Lipinski definition) is 2. The summed E-state index contributed by atoms with van der Waals surface area (Å²) in [4.78, 5) is 12.3. The highest BCUT2D eigenvalue weighted by Gasteiger charge is 2.38. The molecule has 0 radical (unpaired) electrons. The lowest BCUT2D eigenvalue weighted by atomic mass is 9.95. The number of hydrogen-bond donors (Lipinski definition) is 0. The van der Waals surface area contributed by atoms with Gasteiger partial charge in [0.1, 0.15) is 34.3 Å². The van der Waals surface area contributed by atoms with Crippen molar-refractivity contribution in [2.45, 2.75) is 32.4 Å². The Morgan fingerprint density at radius 3 is 2.00 bits per heavy atom. The van der Waals surface area contributed by atoms with E-state index >= 15 is 0 Å². The number of ether oxygens (including phenoxy) is 1. The van der Waals surface area contributed by atoms with Gasteiger partial charge in [-0.15, -0.1) is 0 Å². The standard InChI is InChI=1S/C24H17ClF6O2/c1-3-12(2)13-4-6-14(7-5-13)15-8-17(25)21(18(26)9-15)23(32)33-16-10-19(27)22(20(28)11-16)24(29,30)31/h4-12H,3H2,1-2H3. The number of benzene rings is 3. The minimum Gasteiger partial charge on any atom is -0.423 e. The fraction of sp³-hybridized carbons (Fsp3) is 0.208. The van der Waals surface area contributed by atoms with Crippen molar-refractivity contribution >= 4 is 17.6 Å². The lowest BCUT2D eigenvalue weighted by Crippen LogP contribution is -2.15. The number of carbonyl (C=O) groups excluding carboxylic acids is 1. The van der Waals surface area contributed by atoms with Gasteiger partial charge in [-0.25, -0.2) is 18.0 Å². The van der Waals surface area contributed by atoms with Gasteiger partial charge in [0.05, 0.1) is 5.02 Å². The van der Waals surface area contributed by atoms with Crippen LogP contribution >= 0.6 is 11.6 Å². The molecule has 33 heavy (non-hydrogen) atoms. The average molecular weight is 487 g/mol. The van der Waals surface area contributed by atoms with Crippen LogP contribution in [0.3, 0.4) is 0 Å². The number of halogens is 7. The Morgan fingerprint density at radius 2 is 1.52 bits per heavy atom. The molecule has 0 saturated carbocycles. The van der Waals surface area contributed by atoms with Crippen molar-refractivity contribution in [3.63, 3.8) is 0 Å². The highest BCUT2D eigenvalue weighted by molar-refractivity contribution is 6.34. The number of alkyl halides is 3. The third-order valence-corrected chi connectivity index (χ3v) is 5.48. The maximum Gasteiger partial charge on any atom is 0.422 e. The molecule has 3 aromatic carbocycles. The Hall–Kier alpha value is -3.00. The first-order chi connectivity index (χ1) is 15.4. The molecule has 0 bridgehead atoms. The van der Waals surface area contributed by atoms with Crippen molar-refractivity contribution in [2.24, 2.45) is 0 Å². The molecule has 0 saturated heterocycles. The summed E-state index contributed by atoms with van der Waals surface area (Å²) in [5, 5.41) is -0.339. The van der Waals surface area contributed by atoms with Gasteiger partial charge in [0, 0.05) is 12.1 Å². The Kier molecular flexibility index (Phi) is 7.07. The van der Waals surface area contributed by atoms with Crippen molar-refractivity contribution in [1.29, 1.82) is 0 Å². The van der Waals surface area contributed by atoms with E-state index in [-0.39, 0.29) is 17.2 Å². The van der Waals surface area contributed by atoms with Gasteiger partial charge in [0.25, 0.3) is 0 Å². The Morgan fingerprint density at radius 1 is 0.939 bits per heavy atom. The minimum atomic E-state index is -5.28. The fourth-order valence-electron chi connectivity index (χ4n) is 3.21. The van der Waals surface area contributed by atoms with E-state index in [1.54, 1.807) is 12.1 Å². The number of esters is 1. The first-order valence-corrected chi connectivity index (χ1v) is 10.2. The fourth-order valence-corrected chi connectivity index (χ4v) is 3.50. The molecule has 0 amide bonds. The first kappa shape index (κ1) is 24.6. The van der Waals surface area contributed by atoms with E-state index in [2.05, 4.69) is 18.6 Å². The molecule has 2 nitrogen and oxygen atoms in total. The zero-order valence-electron chi connectivity index (χ0n) is 17.4. The van der Waals surface area contributed by atoms with Crippen molar-refractivity contribution in [1.82, 2.24) is 0 Å². The van der Waals surface area contributed by atoms with E-state index in [4.69, 9.17) is 11.6 Å². The molecule has 0 fully saturated rings. The van der Waals surface area contributed by atoms with E-state index < -0.39 is 46.5 Å². The summed E-state index contributed by atoms with van der Waals surface area (Å²) in [6.07, 6.45) is -4.34. The quantitative estimate of drug-likeness (QED) is 0.206. The molecular weight excluding hydrogens is 470 g/mol.